The van der Waals surface area contributed by atoms with E-state index in [0.717, 1.165) is 29.7 Å². The molecule has 0 radical (unpaired) electrons. The molecule has 1 heterocycles. The van der Waals surface area contributed by atoms with E-state index in [0.29, 0.717) is 19.3 Å². The van der Waals surface area contributed by atoms with Crippen molar-refractivity contribution in [3.63, 3.8) is 0 Å². The second kappa shape index (κ2) is 7.94. The van der Waals surface area contributed by atoms with Gasteiger partial charge in [0.15, 0.2) is 0 Å². The van der Waals surface area contributed by atoms with Gasteiger partial charge in [0.1, 0.15) is 5.75 Å². The summed E-state index contributed by atoms with van der Waals surface area (Å²) in [5.41, 5.74) is 3.59. The highest BCUT2D eigenvalue weighted by molar-refractivity contribution is 6.01. The van der Waals surface area contributed by atoms with E-state index >= 15 is 0 Å². The lowest BCUT2D eigenvalue weighted by Gasteiger charge is -2.17. The normalized spacial score (nSPS) is 14.0. The number of nitrogens with one attached hydrogen (secondary N) is 1. The monoisotopic (exact) mass is 351 g/mol. The van der Waals surface area contributed by atoms with Crippen LogP contribution in [0.3, 0.4) is 0 Å². The van der Waals surface area contributed by atoms with Gasteiger partial charge < -0.3 is 19.2 Å². The Balaban J connectivity index is 1.74. The number of fused-ring (bicyclic) bond motifs is 1. The molecule has 1 fully saturated rings. The van der Waals surface area contributed by atoms with Gasteiger partial charge in [-0.2, -0.15) is 0 Å². The summed E-state index contributed by atoms with van der Waals surface area (Å²) in [6.07, 6.45) is 6.98. The van der Waals surface area contributed by atoms with E-state index < -0.39 is 0 Å². The number of furan rings is 1. The Morgan fingerprint density at radius 1 is 1.12 bits per heavy atom. The highest BCUT2D eigenvalue weighted by Crippen LogP contribution is 2.38. The van der Waals surface area contributed by atoms with Gasteiger partial charge in [-0.05, 0) is 41.5 Å². The molecule has 1 N–H and O–H groups in total. The molecule has 3 aromatic rings. The maximum Gasteiger partial charge on any atom is 0.127 e. The number of rotatable bonds is 9. The Morgan fingerprint density at radius 2 is 1.96 bits per heavy atom. The molecule has 0 bridgehead atoms. The fourth-order valence-electron chi connectivity index (χ4n) is 3.33. The summed E-state index contributed by atoms with van der Waals surface area (Å²) < 4.78 is 16.6. The summed E-state index contributed by atoms with van der Waals surface area (Å²) in [5, 5.41) is 5.97. The lowest BCUT2D eigenvalue weighted by Crippen LogP contribution is -2.16. The van der Waals surface area contributed by atoms with Gasteiger partial charge in [-0.15, -0.1) is 0 Å². The summed E-state index contributed by atoms with van der Waals surface area (Å²) in [4.78, 5) is 0. The van der Waals surface area contributed by atoms with Crippen LogP contribution in [0, 0.1) is 0 Å². The standard InChI is InChI=1S/C22H25NO3/c1-24-10-4-11-26-21-13-17(14-23-18-7-8-18)22(16-9-12-25-15-16)20-6-3-2-5-19(20)21/h2-3,5-6,9,12-13,15,18,23H,4,7-8,10-11,14H2,1H3. The quantitative estimate of drug-likeness (QED) is 0.564. The first-order chi connectivity index (χ1) is 12.9. The van der Waals surface area contributed by atoms with Crippen LogP contribution in [0.2, 0.25) is 0 Å². The summed E-state index contributed by atoms with van der Waals surface area (Å²) in [6.45, 7) is 2.20. The van der Waals surface area contributed by atoms with Crippen molar-refractivity contribution in [2.24, 2.45) is 0 Å². The van der Waals surface area contributed by atoms with Crippen LogP contribution >= 0.6 is 0 Å². The fraction of sp³-hybridized carbons (Fsp3) is 0.364. The first-order valence-electron chi connectivity index (χ1n) is 9.29. The molecule has 0 spiro atoms. The average Bonchev–Trinajstić information content (AvgIpc) is 3.35. The Morgan fingerprint density at radius 3 is 2.69 bits per heavy atom. The van der Waals surface area contributed by atoms with E-state index in [9.17, 15) is 0 Å². The minimum atomic E-state index is 0.651. The Labute approximate surface area is 154 Å². The maximum atomic E-state index is 6.13. The van der Waals surface area contributed by atoms with E-state index in [1.54, 1.807) is 13.4 Å². The van der Waals surface area contributed by atoms with Gasteiger partial charge in [0.05, 0.1) is 19.1 Å². The van der Waals surface area contributed by atoms with E-state index in [1.807, 2.05) is 12.3 Å². The summed E-state index contributed by atoms with van der Waals surface area (Å²) in [6, 6.07) is 13.3. The van der Waals surface area contributed by atoms with Crippen LogP contribution in [-0.2, 0) is 11.3 Å². The molecule has 4 nitrogen and oxygen atoms in total. The van der Waals surface area contributed by atoms with Crippen LogP contribution in [0.25, 0.3) is 21.9 Å². The van der Waals surface area contributed by atoms with Gasteiger partial charge >= 0.3 is 0 Å². The van der Waals surface area contributed by atoms with Crippen molar-refractivity contribution in [1.82, 2.24) is 5.32 Å². The van der Waals surface area contributed by atoms with Crippen LogP contribution in [0.4, 0.5) is 0 Å². The topological polar surface area (TPSA) is 43.6 Å². The minimum Gasteiger partial charge on any atom is -0.493 e. The third-order valence-corrected chi connectivity index (χ3v) is 4.81. The van der Waals surface area contributed by atoms with Gasteiger partial charge in [-0.25, -0.2) is 0 Å². The number of benzene rings is 2. The van der Waals surface area contributed by atoms with Crippen LogP contribution in [0.1, 0.15) is 24.8 Å². The zero-order valence-electron chi connectivity index (χ0n) is 15.2. The first kappa shape index (κ1) is 17.1. The largest absolute Gasteiger partial charge is 0.493 e. The second-order valence-corrected chi connectivity index (χ2v) is 6.82. The third-order valence-electron chi connectivity index (χ3n) is 4.81. The van der Waals surface area contributed by atoms with Crippen molar-refractivity contribution in [2.75, 3.05) is 20.3 Å². The fourth-order valence-corrected chi connectivity index (χ4v) is 3.33. The van der Waals surface area contributed by atoms with Crippen molar-refractivity contribution in [2.45, 2.75) is 31.8 Å². The third kappa shape index (κ3) is 3.76. The van der Waals surface area contributed by atoms with Crippen molar-refractivity contribution < 1.29 is 13.9 Å². The molecule has 0 saturated heterocycles. The first-order valence-corrected chi connectivity index (χ1v) is 9.29. The molecule has 0 aliphatic heterocycles. The van der Waals surface area contributed by atoms with Gasteiger partial charge in [-0.3, -0.25) is 0 Å². The van der Waals surface area contributed by atoms with Crippen molar-refractivity contribution >= 4 is 10.8 Å². The van der Waals surface area contributed by atoms with E-state index in [1.165, 1.54) is 29.4 Å². The van der Waals surface area contributed by atoms with Gasteiger partial charge in [-0.1, -0.05) is 24.3 Å². The van der Waals surface area contributed by atoms with Crippen molar-refractivity contribution in [3.8, 4) is 16.9 Å². The average molecular weight is 351 g/mol. The lowest BCUT2D eigenvalue weighted by atomic mass is 9.94. The zero-order valence-corrected chi connectivity index (χ0v) is 15.2. The maximum absolute atomic E-state index is 6.13. The number of hydrogen-bond donors (Lipinski definition) is 1. The highest BCUT2D eigenvalue weighted by Gasteiger charge is 2.22. The molecular weight excluding hydrogens is 326 g/mol. The molecule has 136 valence electrons. The molecule has 0 amide bonds. The molecule has 1 saturated carbocycles. The summed E-state index contributed by atoms with van der Waals surface area (Å²) >= 11 is 0. The van der Waals surface area contributed by atoms with E-state index in [4.69, 9.17) is 13.9 Å². The van der Waals surface area contributed by atoms with Crippen LogP contribution < -0.4 is 10.1 Å². The molecule has 1 aromatic heterocycles. The Hall–Kier alpha value is -2.30. The van der Waals surface area contributed by atoms with Crippen LogP contribution in [0.15, 0.2) is 53.3 Å². The Bertz CT molecular complexity index is 853. The zero-order chi connectivity index (χ0) is 17.8. The SMILES string of the molecule is COCCCOc1cc(CNC2CC2)c(-c2ccoc2)c2ccccc12. The smallest absolute Gasteiger partial charge is 0.127 e. The predicted molar refractivity (Wildman–Crippen MR) is 103 cm³/mol. The minimum absolute atomic E-state index is 0.651. The molecule has 0 unspecified atom stereocenters. The Kier molecular flexibility index (Phi) is 5.23. The lowest BCUT2D eigenvalue weighted by molar-refractivity contribution is 0.172. The second-order valence-electron chi connectivity index (χ2n) is 6.82. The van der Waals surface area contributed by atoms with Crippen LogP contribution in [0.5, 0.6) is 5.75 Å². The summed E-state index contributed by atoms with van der Waals surface area (Å²) in [5.74, 6) is 0.941. The van der Waals surface area contributed by atoms with Gasteiger partial charge in [0.2, 0.25) is 0 Å². The molecule has 26 heavy (non-hydrogen) atoms. The molecular formula is C22H25NO3. The van der Waals surface area contributed by atoms with Crippen molar-refractivity contribution in [3.05, 3.63) is 54.5 Å². The molecule has 0 atom stereocenters. The van der Waals surface area contributed by atoms with Gasteiger partial charge in [0.25, 0.3) is 0 Å². The molecule has 4 rings (SSSR count). The highest BCUT2D eigenvalue weighted by atomic mass is 16.5. The molecule has 2 aromatic carbocycles. The van der Waals surface area contributed by atoms with Gasteiger partial charge in [0, 0.05) is 43.7 Å². The number of ether oxygens (including phenoxy) is 2. The summed E-state index contributed by atoms with van der Waals surface area (Å²) in [7, 11) is 1.72. The number of methoxy groups -OCH3 is 1. The van der Waals surface area contributed by atoms with E-state index in [-0.39, 0.29) is 0 Å². The van der Waals surface area contributed by atoms with Crippen molar-refractivity contribution in [1.29, 1.82) is 0 Å². The van der Waals surface area contributed by atoms with E-state index in [2.05, 4.69) is 35.6 Å². The molecule has 1 aliphatic rings. The predicted octanol–water partition coefficient (Wildman–Crippen LogP) is 4.77. The number of hydrogen-bond acceptors (Lipinski definition) is 4. The van der Waals surface area contributed by atoms with Crippen LogP contribution in [-0.4, -0.2) is 26.4 Å². The molecule has 4 heteroatoms. The molecule has 1 aliphatic carbocycles.